The van der Waals surface area contributed by atoms with Crippen LogP contribution in [0, 0.1) is 6.92 Å². The van der Waals surface area contributed by atoms with Crippen LogP contribution in [0.2, 0.25) is 0 Å². The molecule has 0 bridgehead atoms. The van der Waals surface area contributed by atoms with E-state index in [1.165, 1.54) is 6.33 Å². The number of rotatable bonds is 4. The van der Waals surface area contributed by atoms with Crippen molar-refractivity contribution in [2.24, 2.45) is 0 Å². The number of aromatic nitrogens is 3. The summed E-state index contributed by atoms with van der Waals surface area (Å²) in [6, 6.07) is 1.88. The number of methoxy groups -OCH3 is 1. The molecule has 1 N–H and O–H groups in total. The fraction of sp³-hybridized carbons (Fsp3) is 0.364. The third kappa shape index (κ3) is 2.91. The van der Waals surface area contributed by atoms with Gasteiger partial charge in [-0.15, -0.1) is 11.3 Å². The zero-order valence-corrected chi connectivity index (χ0v) is 10.8. The SMILES string of the molecule is COc1cc(NC(C)c2nc(C)cs2)ncn1. The Morgan fingerprint density at radius 3 is 2.88 bits per heavy atom. The van der Waals surface area contributed by atoms with E-state index < -0.39 is 0 Å². The summed E-state index contributed by atoms with van der Waals surface area (Å²) in [6.45, 7) is 4.04. The summed E-state index contributed by atoms with van der Waals surface area (Å²) in [7, 11) is 1.58. The fourth-order valence-corrected chi connectivity index (χ4v) is 2.19. The second-order valence-electron chi connectivity index (χ2n) is 3.64. The Bertz CT molecular complexity index is 500. The summed E-state index contributed by atoms with van der Waals surface area (Å²) < 4.78 is 5.04. The van der Waals surface area contributed by atoms with E-state index in [-0.39, 0.29) is 6.04 Å². The van der Waals surface area contributed by atoms with Crippen molar-refractivity contribution >= 4 is 17.2 Å². The summed E-state index contributed by atoms with van der Waals surface area (Å²) in [5, 5.41) is 6.34. The third-order valence-corrected chi connectivity index (χ3v) is 3.37. The molecule has 2 rings (SSSR count). The first kappa shape index (κ1) is 11.8. The molecule has 6 heteroatoms. The van der Waals surface area contributed by atoms with Gasteiger partial charge in [-0.1, -0.05) is 0 Å². The quantitative estimate of drug-likeness (QED) is 0.903. The molecule has 0 aliphatic carbocycles. The molecule has 1 atom stereocenters. The Labute approximate surface area is 104 Å². The molecule has 0 saturated carbocycles. The zero-order chi connectivity index (χ0) is 12.3. The Balaban J connectivity index is 2.09. The van der Waals surface area contributed by atoms with Gasteiger partial charge in [0.15, 0.2) is 0 Å². The average Bonchev–Trinajstić information content (AvgIpc) is 2.76. The van der Waals surface area contributed by atoms with Gasteiger partial charge < -0.3 is 10.1 Å². The van der Waals surface area contributed by atoms with Crippen LogP contribution in [0.3, 0.4) is 0 Å². The van der Waals surface area contributed by atoms with Crippen LogP contribution < -0.4 is 10.1 Å². The molecule has 0 radical (unpaired) electrons. The first-order chi connectivity index (χ1) is 8.19. The van der Waals surface area contributed by atoms with Gasteiger partial charge in [0, 0.05) is 17.1 Å². The Hall–Kier alpha value is -1.69. The molecule has 2 aromatic rings. The van der Waals surface area contributed by atoms with Crippen LogP contribution in [0.15, 0.2) is 17.8 Å². The number of aryl methyl sites for hydroxylation is 1. The summed E-state index contributed by atoms with van der Waals surface area (Å²) in [5.41, 5.74) is 1.04. The molecular weight excluding hydrogens is 236 g/mol. The highest BCUT2D eigenvalue weighted by Gasteiger charge is 2.10. The maximum absolute atomic E-state index is 5.04. The molecule has 0 spiro atoms. The lowest BCUT2D eigenvalue weighted by Crippen LogP contribution is -2.08. The van der Waals surface area contributed by atoms with E-state index in [1.807, 2.05) is 19.2 Å². The van der Waals surface area contributed by atoms with Gasteiger partial charge in [-0.2, -0.15) is 0 Å². The van der Waals surface area contributed by atoms with E-state index in [0.717, 1.165) is 16.5 Å². The molecule has 5 nitrogen and oxygen atoms in total. The summed E-state index contributed by atoms with van der Waals surface area (Å²) in [6.07, 6.45) is 1.47. The minimum Gasteiger partial charge on any atom is -0.481 e. The predicted molar refractivity (Wildman–Crippen MR) is 67.5 cm³/mol. The zero-order valence-electron chi connectivity index (χ0n) is 9.97. The maximum Gasteiger partial charge on any atom is 0.218 e. The molecule has 2 heterocycles. The van der Waals surface area contributed by atoms with Crippen molar-refractivity contribution in [1.29, 1.82) is 0 Å². The summed E-state index contributed by atoms with van der Waals surface area (Å²) in [4.78, 5) is 12.5. The average molecular weight is 250 g/mol. The van der Waals surface area contributed by atoms with Gasteiger partial charge in [0.05, 0.1) is 13.2 Å². The van der Waals surface area contributed by atoms with Crippen LogP contribution in [0.4, 0.5) is 5.82 Å². The van der Waals surface area contributed by atoms with Crippen LogP contribution in [-0.2, 0) is 0 Å². The molecule has 0 aliphatic heterocycles. The van der Waals surface area contributed by atoms with Crippen molar-refractivity contribution < 1.29 is 4.74 Å². The smallest absolute Gasteiger partial charge is 0.218 e. The molecule has 0 aliphatic rings. The van der Waals surface area contributed by atoms with Crippen LogP contribution in [-0.4, -0.2) is 22.1 Å². The molecule has 90 valence electrons. The van der Waals surface area contributed by atoms with Crippen molar-refractivity contribution in [1.82, 2.24) is 15.0 Å². The Morgan fingerprint density at radius 1 is 1.41 bits per heavy atom. The second-order valence-corrected chi connectivity index (χ2v) is 4.53. The molecule has 2 aromatic heterocycles. The first-order valence-electron chi connectivity index (χ1n) is 5.23. The van der Waals surface area contributed by atoms with Crippen molar-refractivity contribution in [3.63, 3.8) is 0 Å². The van der Waals surface area contributed by atoms with Crippen molar-refractivity contribution in [2.45, 2.75) is 19.9 Å². The van der Waals surface area contributed by atoms with E-state index in [4.69, 9.17) is 4.74 Å². The molecule has 0 aromatic carbocycles. The fourth-order valence-electron chi connectivity index (χ4n) is 1.38. The highest BCUT2D eigenvalue weighted by Crippen LogP contribution is 2.22. The van der Waals surface area contributed by atoms with E-state index >= 15 is 0 Å². The van der Waals surface area contributed by atoms with Crippen LogP contribution >= 0.6 is 11.3 Å². The lowest BCUT2D eigenvalue weighted by atomic mass is 10.3. The largest absolute Gasteiger partial charge is 0.481 e. The predicted octanol–water partition coefficient (Wildman–Crippen LogP) is 2.42. The number of anilines is 1. The molecule has 0 amide bonds. The number of hydrogen-bond donors (Lipinski definition) is 1. The highest BCUT2D eigenvalue weighted by atomic mass is 32.1. The number of ether oxygens (including phenoxy) is 1. The van der Waals surface area contributed by atoms with Gasteiger partial charge in [0.2, 0.25) is 5.88 Å². The van der Waals surface area contributed by atoms with Crippen molar-refractivity contribution in [3.8, 4) is 5.88 Å². The van der Waals surface area contributed by atoms with Gasteiger partial charge in [0.25, 0.3) is 0 Å². The van der Waals surface area contributed by atoms with E-state index in [1.54, 1.807) is 24.5 Å². The molecular formula is C11H14N4OS. The minimum atomic E-state index is 0.119. The van der Waals surface area contributed by atoms with Crippen molar-refractivity contribution in [2.75, 3.05) is 12.4 Å². The minimum absolute atomic E-state index is 0.119. The van der Waals surface area contributed by atoms with Gasteiger partial charge >= 0.3 is 0 Å². The lowest BCUT2D eigenvalue weighted by molar-refractivity contribution is 0.397. The van der Waals surface area contributed by atoms with E-state index in [2.05, 4.69) is 20.3 Å². The molecule has 0 fully saturated rings. The third-order valence-electron chi connectivity index (χ3n) is 2.22. The van der Waals surface area contributed by atoms with E-state index in [9.17, 15) is 0 Å². The molecule has 17 heavy (non-hydrogen) atoms. The normalized spacial score (nSPS) is 12.2. The van der Waals surface area contributed by atoms with Gasteiger partial charge in [0.1, 0.15) is 17.2 Å². The summed E-state index contributed by atoms with van der Waals surface area (Å²) in [5.74, 6) is 1.28. The Morgan fingerprint density at radius 2 is 2.24 bits per heavy atom. The number of nitrogens with zero attached hydrogens (tertiary/aromatic N) is 3. The topological polar surface area (TPSA) is 59.9 Å². The van der Waals surface area contributed by atoms with Crippen LogP contribution in [0.25, 0.3) is 0 Å². The molecule has 1 unspecified atom stereocenters. The Kier molecular flexibility index (Phi) is 3.53. The lowest BCUT2D eigenvalue weighted by Gasteiger charge is -2.11. The number of nitrogens with one attached hydrogen (secondary N) is 1. The standard InChI is InChI=1S/C11H14N4OS/c1-7-5-17-11(14-7)8(2)15-9-4-10(16-3)13-6-12-9/h4-6,8H,1-3H3,(H,12,13,15). The van der Waals surface area contributed by atoms with E-state index in [0.29, 0.717) is 5.88 Å². The second kappa shape index (κ2) is 5.09. The number of hydrogen-bond acceptors (Lipinski definition) is 6. The van der Waals surface area contributed by atoms with Crippen molar-refractivity contribution in [3.05, 3.63) is 28.5 Å². The highest BCUT2D eigenvalue weighted by molar-refractivity contribution is 7.09. The summed E-state index contributed by atoms with van der Waals surface area (Å²) >= 11 is 1.64. The first-order valence-corrected chi connectivity index (χ1v) is 6.11. The van der Waals surface area contributed by atoms with Crippen LogP contribution in [0.1, 0.15) is 23.7 Å². The maximum atomic E-state index is 5.04. The van der Waals surface area contributed by atoms with Gasteiger partial charge in [-0.25, -0.2) is 15.0 Å². The van der Waals surface area contributed by atoms with Crippen LogP contribution in [0.5, 0.6) is 5.88 Å². The molecule has 0 saturated heterocycles. The van der Waals surface area contributed by atoms with Gasteiger partial charge in [-0.3, -0.25) is 0 Å². The number of thiazole rings is 1. The van der Waals surface area contributed by atoms with Gasteiger partial charge in [-0.05, 0) is 13.8 Å². The monoisotopic (exact) mass is 250 g/mol.